The van der Waals surface area contributed by atoms with Crippen molar-refractivity contribution in [3.8, 4) is 17.2 Å². The van der Waals surface area contributed by atoms with Gasteiger partial charge in [0.05, 0.1) is 24.5 Å². The third-order valence-electron chi connectivity index (χ3n) is 4.34. The highest BCUT2D eigenvalue weighted by atomic mass is 32.2. The van der Waals surface area contributed by atoms with Crippen LogP contribution in [0.25, 0.3) is 11.5 Å². The molecule has 1 atom stereocenters. The van der Waals surface area contributed by atoms with Crippen LogP contribution in [0.1, 0.15) is 16.5 Å². The summed E-state index contributed by atoms with van der Waals surface area (Å²) in [7, 11) is 1.59. The Morgan fingerprint density at radius 1 is 1.10 bits per heavy atom. The molecule has 0 fully saturated rings. The van der Waals surface area contributed by atoms with Crippen LogP contribution in [0.3, 0.4) is 0 Å². The number of methoxy groups -OCH3 is 1. The SMILES string of the molecule is COc1ccccc1-c1nnc(SCC(=O)N[C@@H](c2ccccc2)c2cccs2)o1. The number of para-hydroxylation sites is 1. The Morgan fingerprint density at radius 2 is 1.90 bits per heavy atom. The molecule has 0 radical (unpaired) electrons. The number of nitrogens with zero attached hydrogens (tertiary/aromatic N) is 2. The van der Waals surface area contributed by atoms with E-state index in [0.717, 1.165) is 10.4 Å². The molecule has 2 aromatic carbocycles. The summed E-state index contributed by atoms with van der Waals surface area (Å²) in [6, 6.07) is 21.1. The number of benzene rings is 2. The Bertz CT molecular complexity index is 1100. The molecule has 8 heteroatoms. The Hall–Kier alpha value is -3.10. The predicted molar refractivity (Wildman–Crippen MR) is 118 cm³/mol. The van der Waals surface area contributed by atoms with E-state index in [9.17, 15) is 4.79 Å². The maximum absolute atomic E-state index is 12.6. The third kappa shape index (κ3) is 4.72. The number of aromatic nitrogens is 2. The largest absolute Gasteiger partial charge is 0.496 e. The number of carbonyl (C=O) groups excluding carboxylic acids is 1. The Labute approximate surface area is 182 Å². The van der Waals surface area contributed by atoms with Gasteiger partial charge in [0, 0.05) is 4.88 Å². The van der Waals surface area contributed by atoms with Gasteiger partial charge >= 0.3 is 0 Å². The molecule has 0 unspecified atom stereocenters. The number of rotatable bonds is 8. The number of thiophene rings is 1. The molecule has 0 aliphatic heterocycles. The minimum atomic E-state index is -0.189. The fourth-order valence-electron chi connectivity index (χ4n) is 2.95. The smallest absolute Gasteiger partial charge is 0.277 e. The van der Waals surface area contributed by atoms with Crippen LogP contribution in [0.4, 0.5) is 0 Å². The van der Waals surface area contributed by atoms with Gasteiger partial charge in [-0.25, -0.2) is 0 Å². The molecule has 2 heterocycles. The number of amides is 1. The second-order valence-corrected chi connectivity index (χ2v) is 8.19. The van der Waals surface area contributed by atoms with Gasteiger partial charge in [0.15, 0.2) is 0 Å². The van der Waals surface area contributed by atoms with Crippen LogP contribution in [0.5, 0.6) is 5.75 Å². The van der Waals surface area contributed by atoms with Gasteiger partial charge in [-0.3, -0.25) is 4.79 Å². The Morgan fingerprint density at radius 3 is 2.67 bits per heavy atom. The molecule has 0 aliphatic rings. The molecule has 152 valence electrons. The molecule has 0 spiro atoms. The van der Waals surface area contributed by atoms with Crippen molar-refractivity contribution in [3.05, 3.63) is 82.6 Å². The summed E-state index contributed by atoms with van der Waals surface area (Å²) >= 11 is 2.81. The molecule has 0 saturated heterocycles. The van der Waals surface area contributed by atoms with E-state index < -0.39 is 0 Å². The quantitative estimate of drug-likeness (QED) is 0.399. The van der Waals surface area contributed by atoms with Gasteiger partial charge in [0.25, 0.3) is 11.1 Å². The first kappa shape index (κ1) is 20.2. The first-order valence-corrected chi connectivity index (χ1v) is 11.1. The normalized spacial score (nSPS) is 11.8. The van der Waals surface area contributed by atoms with Crippen molar-refractivity contribution in [3.63, 3.8) is 0 Å². The molecular formula is C22H19N3O3S2. The molecule has 0 saturated carbocycles. The minimum absolute atomic E-state index is 0.112. The summed E-state index contributed by atoms with van der Waals surface area (Å²) in [4.78, 5) is 13.7. The van der Waals surface area contributed by atoms with Crippen molar-refractivity contribution in [2.24, 2.45) is 0 Å². The van der Waals surface area contributed by atoms with Crippen LogP contribution < -0.4 is 10.1 Å². The maximum atomic E-state index is 12.6. The lowest BCUT2D eigenvalue weighted by molar-refractivity contribution is -0.119. The number of hydrogen-bond acceptors (Lipinski definition) is 7. The second kappa shape index (κ2) is 9.60. The Balaban J connectivity index is 1.42. The summed E-state index contributed by atoms with van der Waals surface area (Å²) in [5, 5.41) is 13.6. The van der Waals surface area contributed by atoms with Crippen LogP contribution in [0, 0.1) is 0 Å². The zero-order valence-electron chi connectivity index (χ0n) is 16.1. The van der Waals surface area contributed by atoms with E-state index in [-0.39, 0.29) is 17.7 Å². The van der Waals surface area contributed by atoms with Crippen molar-refractivity contribution in [2.75, 3.05) is 12.9 Å². The van der Waals surface area contributed by atoms with E-state index in [2.05, 4.69) is 15.5 Å². The second-order valence-electron chi connectivity index (χ2n) is 6.29. The zero-order valence-corrected chi connectivity index (χ0v) is 17.8. The van der Waals surface area contributed by atoms with Crippen LogP contribution >= 0.6 is 23.1 Å². The summed E-state index contributed by atoms with van der Waals surface area (Å²) in [5.74, 6) is 1.06. The van der Waals surface area contributed by atoms with Crippen LogP contribution in [0.2, 0.25) is 0 Å². The van der Waals surface area contributed by atoms with Crippen molar-refractivity contribution in [1.82, 2.24) is 15.5 Å². The molecule has 1 N–H and O–H groups in total. The highest BCUT2D eigenvalue weighted by Crippen LogP contribution is 2.30. The average molecular weight is 438 g/mol. The number of hydrogen-bond donors (Lipinski definition) is 1. The summed E-state index contributed by atoms with van der Waals surface area (Å²) in [6.07, 6.45) is 0. The van der Waals surface area contributed by atoms with E-state index in [1.165, 1.54) is 11.8 Å². The van der Waals surface area contributed by atoms with Crippen molar-refractivity contribution < 1.29 is 13.9 Å². The van der Waals surface area contributed by atoms with Gasteiger partial charge < -0.3 is 14.5 Å². The molecule has 0 bridgehead atoms. The van der Waals surface area contributed by atoms with E-state index in [1.54, 1.807) is 18.4 Å². The molecule has 2 aromatic heterocycles. The van der Waals surface area contributed by atoms with Crippen molar-refractivity contribution in [2.45, 2.75) is 11.3 Å². The third-order valence-corrected chi connectivity index (χ3v) is 6.09. The molecule has 6 nitrogen and oxygen atoms in total. The minimum Gasteiger partial charge on any atom is -0.496 e. The van der Waals surface area contributed by atoms with Gasteiger partial charge in [-0.2, -0.15) is 0 Å². The van der Waals surface area contributed by atoms with Gasteiger partial charge in [-0.15, -0.1) is 21.5 Å². The number of thioether (sulfide) groups is 1. The van der Waals surface area contributed by atoms with Gasteiger partial charge in [0.2, 0.25) is 5.91 Å². The fraction of sp³-hybridized carbons (Fsp3) is 0.136. The van der Waals surface area contributed by atoms with Gasteiger partial charge in [-0.05, 0) is 29.1 Å². The lowest BCUT2D eigenvalue weighted by Gasteiger charge is -2.17. The van der Waals surface area contributed by atoms with E-state index in [0.29, 0.717) is 22.4 Å². The lowest BCUT2D eigenvalue weighted by Crippen LogP contribution is -2.30. The topological polar surface area (TPSA) is 77.2 Å². The van der Waals surface area contributed by atoms with E-state index in [4.69, 9.17) is 9.15 Å². The predicted octanol–water partition coefficient (Wildman–Crippen LogP) is 4.80. The number of ether oxygens (including phenoxy) is 1. The van der Waals surface area contributed by atoms with Crippen LogP contribution in [-0.4, -0.2) is 29.0 Å². The Kier molecular flexibility index (Phi) is 6.46. The zero-order chi connectivity index (χ0) is 20.8. The maximum Gasteiger partial charge on any atom is 0.277 e. The van der Waals surface area contributed by atoms with Crippen LogP contribution in [0.15, 0.2) is 81.8 Å². The van der Waals surface area contributed by atoms with Crippen molar-refractivity contribution in [1.29, 1.82) is 0 Å². The van der Waals surface area contributed by atoms with Gasteiger partial charge in [0.1, 0.15) is 5.75 Å². The summed E-state index contributed by atoms with van der Waals surface area (Å²) in [5.41, 5.74) is 1.75. The average Bonchev–Trinajstić information content (AvgIpc) is 3.49. The molecule has 30 heavy (non-hydrogen) atoms. The highest BCUT2D eigenvalue weighted by Gasteiger charge is 2.19. The standard InChI is InChI=1S/C22H19N3O3S2/c1-27-17-11-6-5-10-16(17)21-24-25-22(28-21)30-14-19(26)23-20(18-12-7-13-29-18)15-8-3-2-4-9-15/h2-13,20H,14H2,1H3,(H,23,26)/t20-/m0/s1. The fourth-order valence-corrected chi connectivity index (χ4v) is 4.32. The molecule has 4 rings (SSSR count). The molecule has 0 aliphatic carbocycles. The summed E-state index contributed by atoms with van der Waals surface area (Å²) in [6.45, 7) is 0. The number of nitrogens with one attached hydrogen (secondary N) is 1. The van der Waals surface area contributed by atoms with Crippen LogP contribution in [-0.2, 0) is 4.79 Å². The molecule has 1 amide bonds. The monoisotopic (exact) mass is 437 g/mol. The first-order valence-electron chi connectivity index (χ1n) is 9.22. The summed E-state index contributed by atoms with van der Waals surface area (Å²) < 4.78 is 11.0. The molecule has 4 aromatic rings. The van der Waals surface area contributed by atoms with Gasteiger partial charge in [-0.1, -0.05) is 60.3 Å². The first-order chi connectivity index (χ1) is 14.7. The number of carbonyl (C=O) groups is 1. The van der Waals surface area contributed by atoms with E-state index >= 15 is 0 Å². The lowest BCUT2D eigenvalue weighted by atomic mass is 10.1. The molecular weight excluding hydrogens is 418 g/mol. The van der Waals surface area contributed by atoms with E-state index in [1.807, 2.05) is 72.1 Å². The highest BCUT2D eigenvalue weighted by molar-refractivity contribution is 7.99. The van der Waals surface area contributed by atoms with Crippen molar-refractivity contribution >= 4 is 29.0 Å².